The summed E-state index contributed by atoms with van der Waals surface area (Å²) in [5.41, 5.74) is 3.51. The fourth-order valence-corrected chi connectivity index (χ4v) is 4.57. The first-order valence-corrected chi connectivity index (χ1v) is 11.8. The van der Waals surface area contributed by atoms with Crippen molar-refractivity contribution in [1.82, 2.24) is 20.4 Å². The van der Waals surface area contributed by atoms with Gasteiger partial charge in [-0.05, 0) is 44.2 Å². The van der Waals surface area contributed by atoms with Gasteiger partial charge < -0.3 is 20.4 Å². The Hall–Kier alpha value is -3.03. The SMILES string of the molecule is CCNC(=NCCCC(=O)N1CCc2ccccc21)NC1CCCN(c2cnn(C)c2)C1. The van der Waals surface area contributed by atoms with Gasteiger partial charge in [0.05, 0.1) is 11.9 Å². The first-order valence-electron chi connectivity index (χ1n) is 11.8. The molecule has 1 saturated heterocycles. The first-order chi connectivity index (χ1) is 15.6. The van der Waals surface area contributed by atoms with Gasteiger partial charge in [0, 0.05) is 64.1 Å². The number of hydrogen-bond acceptors (Lipinski definition) is 4. The Bertz CT molecular complexity index is 938. The van der Waals surface area contributed by atoms with Crippen LogP contribution in [0.3, 0.4) is 0 Å². The molecule has 1 unspecified atom stereocenters. The van der Waals surface area contributed by atoms with Gasteiger partial charge in [-0.25, -0.2) is 0 Å². The van der Waals surface area contributed by atoms with Crippen molar-refractivity contribution in [2.75, 3.05) is 42.5 Å². The van der Waals surface area contributed by atoms with E-state index >= 15 is 0 Å². The smallest absolute Gasteiger partial charge is 0.227 e. The maximum atomic E-state index is 12.7. The van der Waals surface area contributed by atoms with Crippen LogP contribution in [-0.2, 0) is 18.3 Å². The molecule has 8 nitrogen and oxygen atoms in total. The van der Waals surface area contributed by atoms with Gasteiger partial charge >= 0.3 is 0 Å². The topological polar surface area (TPSA) is 77.8 Å². The molecule has 1 atom stereocenters. The molecule has 0 spiro atoms. The number of piperidine rings is 1. The molecule has 1 aromatic carbocycles. The van der Waals surface area contributed by atoms with Crippen molar-refractivity contribution < 1.29 is 4.79 Å². The minimum atomic E-state index is 0.197. The Balaban J connectivity index is 1.26. The summed E-state index contributed by atoms with van der Waals surface area (Å²) >= 11 is 0. The van der Waals surface area contributed by atoms with E-state index in [-0.39, 0.29) is 5.91 Å². The summed E-state index contributed by atoms with van der Waals surface area (Å²) in [5, 5.41) is 11.2. The second-order valence-corrected chi connectivity index (χ2v) is 8.59. The van der Waals surface area contributed by atoms with Gasteiger partial charge in [-0.2, -0.15) is 5.10 Å². The molecule has 0 aliphatic carbocycles. The third-order valence-corrected chi connectivity index (χ3v) is 6.17. The maximum absolute atomic E-state index is 12.7. The van der Waals surface area contributed by atoms with Crippen molar-refractivity contribution in [3.8, 4) is 0 Å². The van der Waals surface area contributed by atoms with Crippen LogP contribution in [0.2, 0.25) is 0 Å². The number of fused-ring (bicyclic) bond motifs is 1. The number of benzene rings is 1. The third kappa shape index (κ3) is 5.41. The molecule has 2 aromatic rings. The number of nitrogens with one attached hydrogen (secondary N) is 2. The zero-order chi connectivity index (χ0) is 22.3. The molecule has 172 valence electrons. The summed E-state index contributed by atoms with van der Waals surface area (Å²) in [7, 11) is 1.95. The number of guanidine groups is 1. The molecular weight excluding hydrogens is 402 g/mol. The van der Waals surface area contributed by atoms with Crippen LogP contribution in [-0.4, -0.2) is 60.4 Å². The Morgan fingerprint density at radius 1 is 1.28 bits per heavy atom. The Morgan fingerprint density at radius 2 is 2.16 bits per heavy atom. The van der Waals surface area contributed by atoms with Gasteiger partial charge in [0.25, 0.3) is 0 Å². The Kier molecular flexibility index (Phi) is 7.29. The van der Waals surface area contributed by atoms with Crippen molar-refractivity contribution in [2.45, 2.75) is 45.1 Å². The number of para-hydroxylation sites is 1. The highest BCUT2D eigenvalue weighted by atomic mass is 16.2. The molecule has 1 fully saturated rings. The minimum Gasteiger partial charge on any atom is -0.367 e. The van der Waals surface area contributed by atoms with Gasteiger partial charge in [-0.3, -0.25) is 14.5 Å². The molecular formula is C24H35N7O. The number of anilines is 2. The van der Waals surface area contributed by atoms with Crippen LogP contribution >= 0.6 is 0 Å². The lowest BCUT2D eigenvalue weighted by molar-refractivity contribution is -0.118. The molecule has 32 heavy (non-hydrogen) atoms. The monoisotopic (exact) mass is 437 g/mol. The molecule has 8 heteroatoms. The first kappa shape index (κ1) is 22.2. The fraction of sp³-hybridized carbons (Fsp3) is 0.542. The van der Waals surface area contributed by atoms with E-state index in [0.717, 1.165) is 63.5 Å². The maximum Gasteiger partial charge on any atom is 0.227 e. The fourth-order valence-electron chi connectivity index (χ4n) is 4.57. The highest BCUT2D eigenvalue weighted by Crippen LogP contribution is 2.28. The van der Waals surface area contributed by atoms with Crippen molar-refractivity contribution >= 4 is 23.2 Å². The Morgan fingerprint density at radius 3 is 2.97 bits per heavy atom. The number of nitrogens with zero attached hydrogens (tertiary/aromatic N) is 5. The molecule has 2 aliphatic heterocycles. The largest absolute Gasteiger partial charge is 0.367 e. The quantitative estimate of drug-likeness (QED) is 0.395. The van der Waals surface area contributed by atoms with Gasteiger partial charge in [0.2, 0.25) is 5.91 Å². The second kappa shape index (κ2) is 10.5. The summed E-state index contributed by atoms with van der Waals surface area (Å²) in [6.07, 6.45) is 8.47. The second-order valence-electron chi connectivity index (χ2n) is 8.59. The molecule has 0 saturated carbocycles. The highest BCUT2D eigenvalue weighted by Gasteiger charge is 2.24. The van der Waals surface area contributed by atoms with Crippen molar-refractivity contribution in [3.05, 3.63) is 42.2 Å². The van der Waals surface area contributed by atoms with Gasteiger partial charge in [0.1, 0.15) is 0 Å². The minimum absolute atomic E-state index is 0.197. The van der Waals surface area contributed by atoms with Gasteiger partial charge in [-0.15, -0.1) is 0 Å². The Labute approximate surface area is 190 Å². The zero-order valence-corrected chi connectivity index (χ0v) is 19.3. The number of aromatic nitrogens is 2. The van der Waals surface area contributed by atoms with E-state index in [9.17, 15) is 4.79 Å². The number of rotatable bonds is 7. The van der Waals surface area contributed by atoms with E-state index in [0.29, 0.717) is 19.0 Å². The third-order valence-electron chi connectivity index (χ3n) is 6.17. The molecule has 2 N–H and O–H groups in total. The van der Waals surface area contributed by atoms with Crippen molar-refractivity contribution in [1.29, 1.82) is 0 Å². The van der Waals surface area contributed by atoms with E-state index in [1.165, 1.54) is 11.3 Å². The number of carbonyl (C=O) groups excluding carboxylic acids is 1. The van der Waals surface area contributed by atoms with E-state index in [4.69, 9.17) is 4.99 Å². The van der Waals surface area contributed by atoms with E-state index in [2.05, 4.69) is 39.8 Å². The average molecular weight is 438 g/mol. The van der Waals surface area contributed by atoms with Gasteiger partial charge in [0.15, 0.2) is 5.96 Å². The predicted molar refractivity (Wildman–Crippen MR) is 129 cm³/mol. The predicted octanol–water partition coefficient (Wildman–Crippen LogP) is 2.31. The molecule has 1 amide bonds. The summed E-state index contributed by atoms with van der Waals surface area (Å²) in [4.78, 5) is 21.8. The molecule has 4 rings (SSSR count). The zero-order valence-electron chi connectivity index (χ0n) is 19.3. The molecule has 0 bridgehead atoms. The molecule has 3 heterocycles. The number of hydrogen-bond donors (Lipinski definition) is 2. The highest BCUT2D eigenvalue weighted by molar-refractivity contribution is 5.95. The number of carbonyl (C=O) groups is 1. The summed E-state index contributed by atoms with van der Waals surface area (Å²) in [5.74, 6) is 1.03. The van der Waals surface area contributed by atoms with Crippen LogP contribution in [0.15, 0.2) is 41.7 Å². The van der Waals surface area contributed by atoms with Crippen LogP contribution in [0.1, 0.15) is 38.2 Å². The molecule has 0 radical (unpaired) electrons. The summed E-state index contributed by atoms with van der Waals surface area (Å²) in [6.45, 7) is 6.31. The standard InChI is InChI=1S/C24H35N7O/c1-3-25-24(28-20-9-7-14-30(17-20)21-16-27-29(2)18-21)26-13-6-11-23(32)31-15-12-19-8-4-5-10-22(19)31/h4-5,8,10,16,18,20H,3,6-7,9,11-15,17H2,1-2H3,(H2,25,26,28). The van der Waals surface area contributed by atoms with Crippen LogP contribution < -0.4 is 20.4 Å². The van der Waals surface area contributed by atoms with Crippen molar-refractivity contribution in [2.24, 2.45) is 12.0 Å². The number of amides is 1. The normalized spacial score (nSPS) is 18.6. The number of aryl methyl sites for hydroxylation is 1. The van der Waals surface area contributed by atoms with Crippen LogP contribution in [0.5, 0.6) is 0 Å². The summed E-state index contributed by atoms with van der Waals surface area (Å²) in [6, 6.07) is 8.54. The lowest BCUT2D eigenvalue weighted by Gasteiger charge is -2.34. The lowest BCUT2D eigenvalue weighted by atomic mass is 10.1. The molecule has 1 aromatic heterocycles. The van der Waals surface area contributed by atoms with Crippen LogP contribution in [0.25, 0.3) is 0 Å². The van der Waals surface area contributed by atoms with E-state index in [1.807, 2.05) is 41.0 Å². The van der Waals surface area contributed by atoms with Crippen molar-refractivity contribution in [3.63, 3.8) is 0 Å². The molecule has 2 aliphatic rings. The summed E-state index contributed by atoms with van der Waals surface area (Å²) < 4.78 is 1.85. The van der Waals surface area contributed by atoms with Gasteiger partial charge in [-0.1, -0.05) is 18.2 Å². The van der Waals surface area contributed by atoms with E-state index in [1.54, 1.807) is 0 Å². The lowest BCUT2D eigenvalue weighted by Crippen LogP contribution is -2.51. The average Bonchev–Trinajstić information content (AvgIpc) is 3.43. The number of aliphatic imine (C=N–C) groups is 1. The van der Waals surface area contributed by atoms with E-state index < -0.39 is 0 Å². The van der Waals surface area contributed by atoms with Crippen LogP contribution in [0.4, 0.5) is 11.4 Å². The van der Waals surface area contributed by atoms with Crippen LogP contribution in [0, 0.1) is 0 Å².